The summed E-state index contributed by atoms with van der Waals surface area (Å²) < 4.78 is 6.20. The normalized spacial score (nSPS) is 18.6. The first-order valence-corrected chi connectivity index (χ1v) is 6.96. The minimum Gasteiger partial charge on any atom is -0.467 e. The number of nitro groups is 1. The second kappa shape index (κ2) is 4.75. The summed E-state index contributed by atoms with van der Waals surface area (Å²) in [5.74, 6) is -0.236. The molecule has 1 atom stereocenters. The number of fused-ring (bicyclic) bond motifs is 1. The van der Waals surface area contributed by atoms with Crippen LogP contribution >= 0.6 is 11.3 Å². The average Bonchev–Trinajstić information content (AvgIpc) is 3.10. The van der Waals surface area contributed by atoms with Gasteiger partial charge in [-0.15, -0.1) is 0 Å². The van der Waals surface area contributed by atoms with Gasteiger partial charge in [-0.2, -0.15) is 9.38 Å². The number of anilines is 1. The van der Waals surface area contributed by atoms with Gasteiger partial charge < -0.3 is 19.8 Å². The summed E-state index contributed by atoms with van der Waals surface area (Å²) in [6.45, 7) is 0.561. The fraction of sp³-hybridized carbons (Fsp3) is 0.455. The molecule has 2 aromatic heterocycles. The molecule has 8 nitrogen and oxygen atoms in total. The number of thiazole rings is 1. The van der Waals surface area contributed by atoms with E-state index in [4.69, 9.17) is 4.74 Å². The van der Waals surface area contributed by atoms with Crippen molar-refractivity contribution in [1.29, 1.82) is 0 Å². The molecule has 1 unspecified atom stereocenters. The molecule has 9 heteroatoms. The molecule has 0 bridgehead atoms. The molecule has 0 spiro atoms. The molecule has 3 heterocycles. The summed E-state index contributed by atoms with van der Waals surface area (Å²) in [7, 11) is 1.32. The van der Waals surface area contributed by atoms with E-state index >= 15 is 0 Å². The van der Waals surface area contributed by atoms with E-state index < -0.39 is 11.0 Å². The summed E-state index contributed by atoms with van der Waals surface area (Å²) in [5.41, 5.74) is 0. The molecule has 1 fully saturated rings. The van der Waals surface area contributed by atoms with E-state index in [2.05, 4.69) is 4.98 Å². The van der Waals surface area contributed by atoms with E-state index in [9.17, 15) is 14.9 Å². The fourth-order valence-electron chi connectivity index (χ4n) is 2.53. The van der Waals surface area contributed by atoms with Crippen LogP contribution in [0.15, 0.2) is 11.6 Å². The number of hydrogen-bond donors (Lipinski definition) is 0. The van der Waals surface area contributed by atoms with Gasteiger partial charge in [0.15, 0.2) is 0 Å². The largest absolute Gasteiger partial charge is 0.467 e. The number of imidazole rings is 1. The molecular formula is C11H12N4O4S. The van der Waals surface area contributed by atoms with Crippen LogP contribution in [0.4, 0.5) is 11.6 Å². The second-order valence-corrected chi connectivity index (χ2v) is 5.32. The Morgan fingerprint density at radius 3 is 3.15 bits per heavy atom. The molecule has 0 saturated carbocycles. The molecule has 1 aliphatic heterocycles. The van der Waals surface area contributed by atoms with E-state index in [1.54, 1.807) is 16.5 Å². The van der Waals surface area contributed by atoms with Gasteiger partial charge in [-0.05, 0) is 17.8 Å². The highest BCUT2D eigenvalue weighted by Gasteiger charge is 2.38. The minimum atomic E-state index is -0.497. The van der Waals surface area contributed by atoms with Crippen molar-refractivity contribution in [2.24, 2.45) is 0 Å². The monoisotopic (exact) mass is 296 g/mol. The molecule has 0 aliphatic carbocycles. The number of aromatic nitrogens is 2. The molecule has 20 heavy (non-hydrogen) atoms. The van der Waals surface area contributed by atoms with E-state index in [-0.39, 0.29) is 17.6 Å². The van der Waals surface area contributed by atoms with Crippen molar-refractivity contribution < 1.29 is 14.5 Å². The van der Waals surface area contributed by atoms with Crippen LogP contribution < -0.4 is 4.90 Å². The van der Waals surface area contributed by atoms with Crippen LogP contribution in [0.25, 0.3) is 4.96 Å². The molecule has 3 rings (SSSR count). The number of hydrogen-bond acceptors (Lipinski definition) is 7. The molecular weight excluding hydrogens is 284 g/mol. The van der Waals surface area contributed by atoms with Gasteiger partial charge in [0, 0.05) is 11.9 Å². The topological polar surface area (TPSA) is 90.0 Å². The third-order valence-electron chi connectivity index (χ3n) is 3.39. The van der Waals surface area contributed by atoms with Crippen molar-refractivity contribution in [2.75, 3.05) is 18.6 Å². The van der Waals surface area contributed by atoms with E-state index in [1.165, 1.54) is 22.8 Å². The van der Waals surface area contributed by atoms with E-state index in [1.807, 2.05) is 0 Å². The minimum absolute atomic E-state index is 0.1000. The number of ether oxygens (including phenoxy) is 1. The fourth-order valence-corrected chi connectivity index (χ4v) is 3.23. The van der Waals surface area contributed by atoms with Crippen molar-refractivity contribution >= 4 is 33.9 Å². The summed E-state index contributed by atoms with van der Waals surface area (Å²) in [4.78, 5) is 29.1. The van der Waals surface area contributed by atoms with Gasteiger partial charge in [0.2, 0.25) is 5.82 Å². The Balaban J connectivity index is 2.09. The molecule has 0 amide bonds. The maximum absolute atomic E-state index is 11.8. The third-order valence-corrected chi connectivity index (χ3v) is 4.15. The molecule has 0 radical (unpaired) electrons. The van der Waals surface area contributed by atoms with Crippen LogP contribution in [-0.2, 0) is 9.53 Å². The number of esters is 1. The van der Waals surface area contributed by atoms with Crippen LogP contribution in [0.3, 0.4) is 0 Å². The maximum atomic E-state index is 11.8. The van der Waals surface area contributed by atoms with Crippen LogP contribution in [0, 0.1) is 10.1 Å². The van der Waals surface area contributed by atoms with E-state index in [0.717, 1.165) is 6.42 Å². The molecule has 0 aromatic carbocycles. The first-order valence-electron chi connectivity index (χ1n) is 6.08. The lowest BCUT2D eigenvalue weighted by atomic mass is 10.2. The van der Waals surface area contributed by atoms with Crippen molar-refractivity contribution in [3.8, 4) is 0 Å². The van der Waals surface area contributed by atoms with Crippen molar-refractivity contribution in [2.45, 2.75) is 18.9 Å². The Bertz CT molecular complexity index is 679. The average molecular weight is 296 g/mol. The smallest absolute Gasteiger partial charge is 0.373 e. The lowest BCUT2D eigenvalue weighted by molar-refractivity contribution is -0.389. The van der Waals surface area contributed by atoms with Gasteiger partial charge in [-0.25, -0.2) is 4.79 Å². The number of rotatable bonds is 3. The quantitative estimate of drug-likeness (QED) is 0.483. The van der Waals surface area contributed by atoms with Crippen LogP contribution in [-0.4, -0.2) is 40.0 Å². The summed E-state index contributed by atoms with van der Waals surface area (Å²) >= 11 is 1.32. The van der Waals surface area contributed by atoms with Crippen LogP contribution in [0.2, 0.25) is 0 Å². The van der Waals surface area contributed by atoms with Gasteiger partial charge in [-0.3, -0.25) is 0 Å². The van der Waals surface area contributed by atoms with Gasteiger partial charge in [0.25, 0.3) is 4.96 Å². The summed E-state index contributed by atoms with van der Waals surface area (Å²) in [5, 5.41) is 13.0. The lowest BCUT2D eigenvalue weighted by Crippen LogP contribution is -2.37. The zero-order valence-electron chi connectivity index (χ0n) is 10.7. The highest BCUT2D eigenvalue weighted by molar-refractivity contribution is 7.15. The first-order chi connectivity index (χ1) is 9.63. The Hall–Kier alpha value is -2.16. The third kappa shape index (κ3) is 1.82. The van der Waals surface area contributed by atoms with Gasteiger partial charge >= 0.3 is 11.8 Å². The number of carbonyl (C=O) groups is 1. The molecule has 106 valence electrons. The van der Waals surface area contributed by atoms with Gasteiger partial charge in [0.1, 0.15) is 12.2 Å². The lowest BCUT2D eigenvalue weighted by Gasteiger charge is -2.21. The Morgan fingerprint density at radius 2 is 2.45 bits per heavy atom. The first kappa shape index (κ1) is 12.9. The predicted molar refractivity (Wildman–Crippen MR) is 72.1 cm³/mol. The van der Waals surface area contributed by atoms with Crippen LogP contribution in [0.1, 0.15) is 12.8 Å². The van der Waals surface area contributed by atoms with Crippen molar-refractivity contribution in [1.82, 2.24) is 9.38 Å². The second-order valence-electron chi connectivity index (χ2n) is 4.45. The Labute approximate surface area is 117 Å². The Kier molecular flexibility index (Phi) is 3.05. The van der Waals surface area contributed by atoms with Gasteiger partial charge in [0.05, 0.1) is 7.11 Å². The number of nitrogens with zero attached hydrogens (tertiary/aromatic N) is 4. The Morgan fingerprint density at radius 1 is 1.65 bits per heavy atom. The van der Waals surface area contributed by atoms with Crippen molar-refractivity contribution in [3.05, 3.63) is 21.7 Å². The standard InChI is InChI=1S/C11H12N4O4S/c1-19-10(16)7-3-2-4-13(7)8-9(15(17)18)14-5-6-20-11(14)12-8/h5-7H,2-4H2,1H3. The molecule has 2 aromatic rings. The number of methoxy groups -OCH3 is 1. The summed E-state index contributed by atoms with van der Waals surface area (Å²) in [6.07, 6.45) is 3.01. The highest BCUT2D eigenvalue weighted by atomic mass is 32.1. The zero-order valence-corrected chi connectivity index (χ0v) is 11.5. The molecule has 1 saturated heterocycles. The zero-order chi connectivity index (χ0) is 14.3. The maximum Gasteiger partial charge on any atom is 0.373 e. The highest BCUT2D eigenvalue weighted by Crippen LogP contribution is 2.35. The molecule has 1 aliphatic rings. The van der Waals surface area contributed by atoms with Gasteiger partial charge in [-0.1, -0.05) is 11.3 Å². The summed E-state index contributed by atoms with van der Waals surface area (Å²) in [6, 6.07) is -0.497. The number of carbonyl (C=O) groups excluding carboxylic acids is 1. The SMILES string of the molecule is COC(=O)C1CCCN1c1nc2sccn2c1[N+](=O)[O-]. The predicted octanol–water partition coefficient (Wildman–Crippen LogP) is 1.45. The molecule has 0 N–H and O–H groups in total. The van der Waals surface area contributed by atoms with Crippen LogP contribution in [0.5, 0.6) is 0 Å². The van der Waals surface area contributed by atoms with Crippen molar-refractivity contribution in [3.63, 3.8) is 0 Å². The van der Waals surface area contributed by atoms with E-state index in [0.29, 0.717) is 17.9 Å².